The van der Waals surface area contributed by atoms with Crippen LogP contribution in [0, 0.1) is 19.8 Å². The van der Waals surface area contributed by atoms with Crippen LogP contribution in [0.4, 0.5) is 16.2 Å². The Bertz CT molecular complexity index is 1550. The van der Waals surface area contributed by atoms with Gasteiger partial charge in [0.2, 0.25) is 10.0 Å². The number of fused-ring (bicyclic) bond motifs is 1. The lowest BCUT2D eigenvalue weighted by Crippen LogP contribution is -2.50. The molecule has 3 aromatic rings. The van der Waals surface area contributed by atoms with E-state index in [2.05, 4.69) is 15.8 Å². The highest BCUT2D eigenvalue weighted by atomic mass is 32.2. The summed E-state index contributed by atoms with van der Waals surface area (Å²) in [5.74, 6) is 0.269. The smallest absolute Gasteiger partial charge is 0.323 e. The molecule has 0 saturated carbocycles. The molecule has 2 heterocycles. The van der Waals surface area contributed by atoms with Crippen LogP contribution < -0.4 is 20.1 Å². The summed E-state index contributed by atoms with van der Waals surface area (Å²) in [7, 11) is -0.964. The summed E-state index contributed by atoms with van der Waals surface area (Å²) < 4.78 is 44.8. The number of amides is 3. The summed E-state index contributed by atoms with van der Waals surface area (Å²) in [6, 6.07) is 9.67. The van der Waals surface area contributed by atoms with Gasteiger partial charge in [-0.15, -0.1) is 0 Å². The molecule has 3 N–H and O–H groups in total. The Morgan fingerprint density at radius 3 is 2.51 bits per heavy atom. The van der Waals surface area contributed by atoms with Gasteiger partial charge in [0.1, 0.15) is 23.2 Å². The summed E-state index contributed by atoms with van der Waals surface area (Å²) in [6.07, 6.45) is -0.744. The van der Waals surface area contributed by atoms with Crippen LogP contribution in [0.15, 0.2) is 51.9 Å². The molecule has 3 amide bonds. The first kappa shape index (κ1) is 31.8. The largest absolute Gasteiger partial charge is 0.497 e. The number of carbonyl (C=O) groups excluding carboxylic acids is 2. The second kappa shape index (κ2) is 13.0. The average molecular weight is 616 g/mol. The molecule has 13 nitrogen and oxygen atoms in total. The van der Waals surface area contributed by atoms with E-state index < -0.39 is 34.1 Å². The number of urea groups is 1. The molecule has 0 fully saturated rings. The number of aryl methyl sites for hydroxylation is 2. The predicted octanol–water partition coefficient (Wildman–Crippen LogP) is 3.48. The van der Waals surface area contributed by atoms with Crippen LogP contribution in [0.5, 0.6) is 11.5 Å². The number of aliphatic hydroxyl groups is 1. The molecular formula is C29H37N5O8S. The van der Waals surface area contributed by atoms with E-state index in [0.717, 1.165) is 0 Å². The highest BCUT2D eigenvalue weighted by Crippen LogP contribution is 2.35. The van der Waals surface area contributed by atoms with E-state index in [1.54, 1.807) is 51.1 Å². The first-order valence-corrected chi connectivity index (χ1v) is 15.1. The van der Waals surface area contributed by atoms with E-state index in [0.29, 0.717) is 22.9 Å². The third-order valence-electron chi connectivity index (χ3n) is 7.42. The Labute approximate surface area is 250 Å². The molecule has 1 aliphatic rings. The fraction of sp³-hybridized carbons (Fsp3) is 0.414. The van der Waals surface area contributed by atoms with Gasteiger partial charge >= 0.3 is 6.03 Å². The van der Waals surface area contributed by atoms with Gasteiger partial charge in [0.15, 0.2) is 11.5 Å². The molecule has 14 heteroatoms. The van der Waals surface area contributed by atoms with Gasteiger partial charge in [-0.1, -0.05) is 18.1 Å². The number of anilines is 2. The first-order valence-electron chi connectivity index (χ1n) is 13.7. The average Bonchev–Trinajstić information content (AvgIpc) is 3.30. The van der Waals surface area contributed by atoms with Gasteiger partial charge in [-0.3, -0.25) is 4.79 Å². The van der Waals surface area contributed by atoms with Crippen molar-refractivity contribution >= 4 is 33.3 Å². The maximum atomic E-state index is 13.7. The van der Waals surface area contributed by atoms with Crippen molar-refractivity contribution in [3.63, 3.8) is 0 Å². The molecule has 1 aromatic heterocycles. The molecule has 0 radical (unpaired) electrons. The number of para-hydroxylation sites is 1. The Morgan fingerprint density at radius 2 is 1.91 bits per heavy atom. The van der Waals surface area contributed by atoms with Gasteiger partial charge < -0.3 is 34.6 Å². The number of benzene rings is 2. The summed E-state index contributed by atoms with van der Waals surface area (Å²) >= 11 is 0. The molecule has 2 aromatic carbocycles. The molecule has 0 bridgehead atoms. The molecule has 43 heavy (non-hydrogen) atoms. The second-order valence-corrected chi connectivity index (χ2v) is 12.6. The highest BCUT2D eigenvalue weighted by molar-refractivity contribution is 7.89. The van der Waals surface area contributed by atoms with Crippen LogP contribution in [0.25, 0.3) is 0 Å². The summed E-state index contributed by atoms with van der Waals surface area (Å²) in [4.78, 5) is 28.3. The zero-order chi connectivity index (χ0) is 31.5. The number of methoxy groups -OCH3 is 1. The van der Waals surface area contributed by atoms with Crippen molar-refractivity contribution in [1.29, 1.82) is 0 Å². The number of nitrogens with one attached hydrogen (secondary N) is 2. The van der Waals surface area contributed by atoms with Gasteiger partial charge in [0.05, 0.1) is 42.4 Å². The van der Waals surface area contributed by atoms with Crippen LogP contribution in [0.3, 0.4) is 0 Å². The molecule has 0 saturated heterocycles. The molecule has 3 atom stereocenters. The van der Waals surface area contributed by atoms with Gasteiger partial charge in [-0.05, 0) is 57.2 Å². The number of aromatic nitrogens is 1. The van der Waals surface area contributed by atoms with Crippen molar-refractivity contribution in [3.8, 4) is 11.5 Å². The van der Waals surface area contributed by atoms with E-state index in [9.17, 15) is 23.1 Å². The Balaban J connectivity index is 1.69. The number of likely N-dealkylation sites (N-methyl/N-ethyl adjacent to an activating group) is 1. The number of hydrogen-bond acceptors (Lipinski definition) is 9. The van der Waals surface area contributed by atoms with Gasteiger partial charge in [-0.25, -0.2) is 13.2 Å². The Hall–Kier alpha value is -4.14. The topological polar surface area (TPSA) is 164 Å². The normalized spacial score (nSPS) is 17.9. The van der Waals surface area contributed by atoms with E-state index in [1.165, 1.54) is 35.5 Å². The van der Waals surface area contributed by atoms with Gasteiger partial charge in [0, 0.05) is 19.5 Å². The van der Waals surface area contributed by atoms with Crippen molar-refractivity contribution in [1.82, 2.24) is 14.4 Å². The molecule has 0 unspecified atom stereocenters. The van der Waals surface area contributed by atoms with E-state index in [4.69, 9.17) is 14.0 Å². The van der Waals surface area contributed by atoms with Crippen LogP contribution in [-0.2, 0) is 10.0 Å². The fourth-order valence-corrected chi connectivity index (χ4v) is 5.95. The van der Waals surface area contributed by atoms with Gasteiger partial charge in [-0.2, -0.15) is 4.31 Å². The minimum Gasteiger partial charge on any atom is -0.497 e. The maximum absolute atomic E-state index is 13.7. The number of sulfonamides is 1. The molecule has 4 rings (SSSR count). The first-order chi connectivity index (χ1) is 20.4. The van der Waals surface area contributed by atoms with Gasteiger partial charge in [0.25, 0.3) is 5.91 Å². The third-order valence-corrected chi connectivity index (χ3v) is 9.25. The van der Waals surface area contributed by atoms with E-state index in [1.807, 2.05) is 6.92 Å². The monoisotopic (exact) mass is 615 g/mol. The zero-order valence-corrected chi connectivity index (χ0v) is 25.8. The third kappa shape index (κ3) is 6.76. The van der Waals surface area contributed by atoms with Crippen molar-refractivity contribution in [2.75, 3.05) is 44.5 Å². The molecular weight excluding hydrogens is 578 g/mol. The van der Waals surface area contributed by atoms with Crippen molar-refractivity contribution in [2.24, 2.45) is 5.92 Å². The Morgan fingerprint density at radius 1 is 1.21 bits per heavy atom. The minimum absolute atomic E-state index is 0.0654. The standard InChI is InChI=1S/C29H37N5O8S/c1-17-14-34(18(2)16-35)28(36)23-8-7-9-24(30-29(37)31-26-19(3)32-42-20(26)4)27(23)41-25(17)15-33(5)43(38,39)22-12-10-21(40-6)11-13-22/h7-13,17-18,25,35H,14-16H2,1-6H3,(H2,30,31,37)/t17-,18-,25+/m0/s1. The zero-order valence-electron chi connectivity index (χ0n) is 24.9. The van der Waals surface area contributed by atoms with E-state index in [-0.39, 0.29) is 47.5 Å². The highest BCUT2D eigenvalue weighted by Gasteiger charge is 2.36. The van der Waals surface area contributed by atoms with Crippen molar-refractivity contribution in [2.45, 2.75) is 44.7 Å². The lowest BCUT2D eigenvalue weighted by atomic mass is 9.99. The quantitative estimate of drug-likeness (QED) is 0.327. The number of hydrogen-bond donors (Lipinski definition) is 3. The number of ether oxygens (including phenoxy) is 2. The number of rotatable bonds is 9. The summed E-state index contributed by atoms with van der Waals surface area (Å²) in [5.41, 5.74) is 1.26. The number of aliphatic hydroxyl groups excluding tert-OH is 1. The lowest BCUT2D eigenvalue weighted by Gasteiger charge is -2.38. The van der Waals surface area contributed by atoms with Crippen LogP contribution >= 0.6 is 0 Å². The minimum atomic E-state index is -3.91. The Kier molecular flexibility index (Phi) is 9.62. The maximum Gasteiger partial charge on any atom is 0.323 e. The van der Waals surface area contributed by atoms with Crippen molar-refractivity contribution < 1.29 is 37.1 Å². The number of carbonyl (C=O) groups is 2. The predicted molar refractivity (Wildman–Crippen MR) is 159 cm³/mol. The van der Waals surface area contributed by atoms with Crippen LogP contribution in [-0.4, -0.2) is 85.8 Å². The summed E-state index contributed by atoms with van der Waals surface area (Å²) in [5, 5.41) is 19.2. The molecule has 0 aliphatic carbocycles. The van der Waals surface area contributed by atoms with Crippen molar-refractivity contribution in [3.05, 3.63) is 59.5 Å². The van der Waals surface area contributed by atoms with Crippen LogP contribution in [0.1, 0.15) is 35.7 Å². The SMILES string of the molecule is COc1ccc(S(=O)(=O)N(C)C[C@H]2Oc3c(NC(=O)Nc4c(C)noc4C)cccc3C(=O)N([C@@H](C)CO)C[C@@H]2C)cc1. The second-order valence-electron chi connectivity index (χ2n) is 10.5. The lowest BCUT2D eigenvalue weighted by molar-refractivity contribution is 0.0389. The summed E-state index contributed by atoms with van der Waals surface area (Å²) in [6.45, 7) is 6.77. The van der Waals surface area contributed by atoms with E-state index >= 15 is 0 Å². The molecule has 0 spiro atoms. The molecule has 1 aliphatic heterocycles. The fourth-order valence-electron chi connectivity index (χ4n) is 4.77. The molecule has 232 valence electrons. The number of nitrogens with zero attached hydrogens (tertiary/aromatic N) is 3. The van der Waals surface area contributed by atoms with Crippen LogP contribution in [0.2, 0.25) is 0 Å².